The lowest BCUT2D eigenvalue weighted by atomic mass is 10.3. The Morgan fingerprint density at radius 1 is 1.50 bits per heavy atom. The number of benzene rings is 1. The molecule has 16 heavy (non-hydrogen) atoms. The molecule has 1 rings (SSSR count). The molecule has 0 unspecified atom stereocenters. The van der Waals surface area contributed by atoms with Crippen LogP contribution in [0.4, 0.5) is 10.1 Å². The maximum Gasteiger partial charge on any atom is 0.225 e. The highest BCUT2D eigenvalue weighted by Gasteiger charge is 2.06. The second-order valence-electron chi connectivity index (χ2n) is 3.28. The molecule has 0 aliphatic heterocycles. The van der Waals surface area contributed by atoms with Crippen LogP contribution in [-0.4, -0.2) is 19.0 Å². The van der Waals surface area contributed by atoms with Gasteiger partial charge in [0, 0.05) is 17.4 Å². The second-order valence-corrected chi connectivity index (χ2v) is 4.19. The summed E-state index contributed by atoms with van der Waals surface area (Å²) in [5, 5.41) is 5.55. The van der Waals surface area contributed by atoms with E-state index in [0.29, 0.717) is 17.4 Å². The lowest BCUT2D eigenvalue weighted by Crippen LogP contribution is -2.21. The first-order valence-corrected chi connectivity index (χ1v) is 5.88. The number of amides is 1. The fourth-order valence-corrected chi connectivity index (χ4v) is 1.52. The molecule has 0 bridgehead atoms. The molecule has 0 fully saturated rings. The van der Waals surface area contributed by atoms with E-state index in [0.717, 1.165) is 6.54 Å². The van der Waals surface area contributed by atoms with Crippen LogP contribution in [0.2, 0.25) is 0 Å². The van der Waals surface area contributed by atoms with Crippen molar-refractivity contribution >= 4 is 27.5 Å². The third-order valence-electron chi connectivity index (χ3n) is 1.98. The summed E-state index contributed by atoms with van der Waals surface area (Å²) < 4.78 is 14.0. The van der Waals surface area contributed by atoms with E-state index in [4.69, 9.17) is 0 Å². The van der Waals surface area contributed by atoms with Gasteiger partial charge in [-0.25, -0.2) is 4.39 Å². The number of hydrogen-bond donors (Lipinski definition) is 2. The molecule has 0 atom stereocenters. The fourth-order valence-electron chi connectivity index (χ4n) is 1.18. The lowest BCUT2D eigenvalue weighted by molar-refractivity contribution is -0.116. The lowest BCUT2D eigenvalue weighted by Gasteiger charge is -2.06. The Labute approximate surface area is 103 Å². The van der Waals surface area contributed by atoms with Crippen LogP contribution in [0.1, 0.15) is 13.3 Å². The molecule has 0 aromatic heterocycles. The van der Waals surface area contributed by atoms with Crippen LogP contribution in [0, 0.1) is 5.82 Å². The summed E-state index contributed by atoms with van der Waals surface area (Å²) in [6.07, 6.45) is 0.337. The SMILES string of the molecule is CCNCCC(=O)Nc1ccc(Br)cc1F. The van der Waals surface area contributed by atoms with E-state index in [1.165, 1.54) is 12.1 Å². The van der Waals surface area contributed by atoms with E-state index < -0.39 is 5.82 Å². The molecule has 3 nitrogen and oxygen atoms in total. The molecule has 0 saturated heterocycles. The molecule has 0 heterocycles. The van der Waals surface area contributed by atoms with Crippen LogP contribution in [0.3, 0.4) is 0 Å². The smallest absolute Gasteiger partial charge is 0.225 e. The van der Waals surface area contributed by atoms with Gasteiger partial charge in [0.1, 0.15) is 5.82 Å². The van der Waals surface area contributed by atoms with Gasteiger partial charge in [-0.05, 0) is 24.7 Å². The largest absolute Gasteiger partial charge is 0.324 e. The maximum absolute atomic E-state index is 13.3. The van der Waals surface area contributed by atoms with E-state index in [9.17, 15) is 9.18 Å². The number of carbonyl (C=O) groups excluding carboxylic acids is 1. The van der Waals surface area contributed by atoms with Gasteiger partial charge in [-0.15, -0.1) is 0 Å². The van der Waals surface area contributed by atoms with E-state index in [-0.39, 0.29) is 11.6 Å². The third kappa shape index (κ3) is 4.28. The summed E-state index contributed by atoms with van der Waals surface area (Å²) in [4.78, 5) is 11.4. The molecule has 5 heteroatoms. The van der Waals surface area contributed by atoms with Crippen LogP contribution >= 0.6 is 15.9 Å². The summed E-state index contributed by atoms with van der Waals surface area (Å²) in [6.45, 7) is 3.38. The zero-order valence-electron chi connectivity index (χ0n) is 9.02. The summed E-state index contributed by atoms with van der Waals surface area (Å²) in [6, 6.07) is 4.54. The van der Waals surface area contributed by atoms with Gasteiger partial charge in [-0.2, -0.15) is 0 Å². The average Bonchev–Trinajstić information content (AvgIpc) is 2.23. The van der Waals surface area contributed by atoms with Gasteiger partial charge in [-0.1, -0.05) is 22.9 Å². The Morgan fingerprint density at radius 2 is 2.25 bits per heavy atom. The topological polar surface area (TPSA) is 41.1 Å². The van der Waals surface area contributed by atoms with Gasteiger partial charge in [0.2, 0.25) is 5.91 Å². The third-order valence-corrected chi connectivity index (χ3v) is 2.48. The zero-order chi connectivity index (χ0) is 12.0. The predicted molar refractivity (Wildman–Crippen MR) is 65.9 cm³/mol. The van der Waals surface area contributed by atoms with Crippen molar-refractivity contribution in [2.45, 2.75) is 13.3 Å². The van der Waals surface area contributed by atoms with E-state index in [1.54, 1.807) is 6.07 Å². The Balaban J connectivity index is 2.49. The van der Waals surface area contributed by atoms with Crippen molar-refractivity contribution in [1.29, 1.82) is 0 Å². The van der Waals surface area contributed by atoms with E-state index >= 15 is 0 Å². The number of carbonyl (C=O) groups is 1. The van der Waals surface area contributed by atoms with Gasteiger partial charge in [-0.3, -0.25) is 4.79 Å². The Kier molecular flexibility index (Phi) is 5.42. The zero-order valence-corrected chi connectivity index (χ0v) is 10.6. The normalized spacial score (nSPS) is 10.2. The van der Waals surface area contributed by atoms with Crippen LogP contribution in [0.25, 0.3) is 0 Å². The first-order chi connectivity index (χ1) is 7.63. The molecule has 0 radical (unpaired) electrons. The molecule has 0 aliphatic rings. The number of nitrogens with one attached hydrogen (secondary N) is 2. The van der Waals surface area contributed by atoms with Gasteiger partial charge in [0.15, 0.2) is 0 Å². The van der Waals surface area contributed by atoms with E-state index in [2.05, 4.69) is 26.6 Å². The number of rotatable bonds is 5. The molecule has 2 N–H and O–H groups in total. The molecule has 88 valence electrons. The minimum Gasteiger partial charge on any atom is -0.324 e. The van der Waals surface area contributed by atoms with Crippen molar-refractivity contribution in [3.63, 3.8) is 0 Å². The van der Waals surface area contributed by atoms with Gasteiger partial charge in [0.25, 0.3) is 0 Å². The molecular weight excluding hydrogens is 275 g/mol. The van der Waals surface area contributed by atoms with Crippen molar-refractivity contribution in [1.82, 2.24) is 5.32 Å². The second kappa shape index (κ2) is 6.60. The first-order valence-electron chi connectivity index (χ1n) is 5.09. The number of anilines is 1. The quantitative estimate of drug-likeness (QED) is 0.818. The molecule has 1 aromatic rings. The minimum atomic E-state index is -0.439. The van der Waals surface area contributed by atoms with Gasteiger partial charge >= 0.3 is 0 Å². The summed E-state index contributed by atoms with van der Waals surface area (Å²) in [5.41, 5.74) is 0.213. The van der Waals surface area contributed by atoms with Crippen LogP contribution in [0.15, 0.2) is 22.7 Å². The molecular formula is C11H14BrFN2O. The molecule has 1 amide bonds. The van der Waals surface area contributed by atoms with Crippen LogP contribution in [0.5, 0.6) is 0 Å². The highest BCUT2D eigenvalue weighted by molar-refractivity contribution is 9.10. The Hall–Kier alpha value is -0.940. The highest BCUT2D eigenvalue weighted by Crippen LogP contribution is 2.19. The standard InChI is InChI=1S/C11H14BrFN2O/c1-2-14-6-5-11(16)15-10-4-3-8(12)7-9(10)13/h3-4,7,14H,2,5-6H2,1H3,(H,15,16). The average molecular weight is 289 g/mol. The van der Waals surface area contributed by atoms with Crippen LogP contribution < -0.4 is 10.6 Å². The van der Waals surface area contributed by atoms with Gasteiger partial charge < -0.3 is 10.6 Å². The fraction of sp³-hybridized carbons (Fsp3) is 0.364. The minimum absolute atomic E-state index is 0.192. The maximum atomic E-state index is 13.3. The summed E-state index contributed by atoms with van der Waals surface area (Å²) in [5.74, 6) is -0.631. The molecule has 1 aromatic carbocycles. The number of hydrogen-bond acceptors (Lipinski definition) is 2. The Morgan fingerprint density at radius 3 is 2.88 bits per heavy atom. The van der Waals surface area contributed by atoms with Crippen molar-refractivity contribution in [2.75, 3.05) is 18.4 Å². The van der Waals surface area contributed by atoms with Gasteiger partial charge in [0.05, 0.1) is 5.69 Å². The molecule has 0 saturated carbocycles. The van der Waals surface area contributed by atoms with Crippen molar-refractivity contribution in [3.05, 3.63) is 28.5 Å². The molecule has 0 aliphatic carbocycles. The Bertz CT molecular complexity index is 371. The highest BCUT2D eigenvalue weighted by atomic mass is 79.9. The van der Waals surface area contributed by atoms with Crippen LogP contribution in [-0.2, 0) is 4.79 Å². The van der Waals surface area contributed by atoms with Crippen molar-refractivity contribution in [2.24, 2.45) is 0 Å². The molecule has 0 spiro atoms. The van der Waals surface area contributed by atoms with Crippen molar-refractivity contribution in [3.8, 4) is 0 Å². The summed E-state index contributed by atoms with van der Waals surface area (Å²) in [7, 11) is 0. The summed E-state index contributed by atoms with van der Waals surface area (Å²) >= 11 is 3.15. The first kappa shape index (κ1) is 13.1. The van der Waals surface area contributed by atoms with E-state index in [1.807, 2.05) is 6.92 Å². The number of halogens is 2. The monoisotopic (exact) mass is 288 g/mol. The predicted octanol–water partition coefficient (Wildman–Crippen LogP) is 2.53. The van der Waals surface area contributed by atoms with Crippen molar-refractivity contribution < 1.29 is 9.18 Å².